The molecule has 1 heterocycles. The van der Waals surface area contributed by atoms with Gasteiger partial charge in [0.1, 0.15) is 0 Å². The Bertz CT molecular complexity index is 718. The molecule has 0 unspecified atom stereocenters. The van der Waals surface area contributed by atoms with Crippen LogP contribution in [0.1, 0.15) is 16.7 Å². The molecular weight excluding hydrogens is 220 g/mol. The second kappa shape index (κ2) is 4.38. The first-order valence-electron chi connectivity index (χ1n) is 5.91. The summed E-state index contributed by atoms with van der Waals surface area (Å²) in [6.45, 7) is 0. The fraction of sp³-hybridized carbons (Fsp3) is 0.0625. The first kappa shape index (κ1) is 10.6. The quantitative estimate of drug-likeness (QED) is 0.720. The number of benzene rings is 2. The average Bonchev–Trinajstić information content (AvgIpc) is 2.83. The van der Waals surface area contributed by atoms with Crippen LogP contribution in [0.5, 0.6) is 0 Å². The van der Waals surface area contributed by atoms with Crippen LogP contribution in [0.2, 0.25) is 0 Å². The molecule has 1 aromatic heterocycles. The second-order valence-electron chi connectivity index (χ2n) is 4.32. The molecule has 86 valence electrons. The Kier molecular flexibility index (Phi) is 2.59. The molecule has 0 aliphatic carbocycles. The molecular formula is C16H12N2. The van der Waals surface area contributed by atoms with Gasteiger partial charge >= 0.3 is 0 Å². The van der Waals surface area contributed by atoms with E-state index >= 15 is 0 Å². The third-order valence-corrected chi connectivity index (χ3v) is 3.15. The van der Waals surface area contributed by atoms with E-state index in [1.807, 2.05) is 42.6 Å². The van der Waals surface area contributed by atoms with Gasteiger partial charge in [-0.3, -0.25) is 0 Å². The second-order valence-corrected chi connectivity index (χ2v) is 4.32. The molecule has 0 saturated heterocycles. The first-order valence-corrected chi connectivity index (χ1v) is 5.91. The minimum atomic E-state index is 0.736. The van der Waals surface area contributed by atoms with Gasteiger partial charge in [0.2, 0.25) is 0 Å². The minimum absolute atomic E-state index is 0.736. The SMILES string of the molecule is N#Cc1cccc2[nH]cc(Cc3ccccc3)c12. The number of fused-ring (bicyclic) bond motifs is 1. The Balaban J connectivity index is 2.11. The summed E-state index contributed by atoms with van der Waals surface area (Å²) in [7, 11) is 0. The number of hydrogen-bond acceptors (Lipinski definition) is 1. The van der Waals surface area contributed by atoms with Gasteiger partial charge in [-0.1, -0.05) is 36.4 Å². The number of nitriles is 1. The Labute approximate surface area is 106 Å². The summed E-state index contributed by atoms with van der Waals surface area (Å²) in [4.78, 5) is 3.23. The highest BCUT2D eigenvalue weighted by Crippen LogP contribution is 2.24. The molecule has 0 aliphatic heterocycles. The van der Waals surface area contributed by atoms with Crippen LogP contribution in [-0.4, -0.2) is 4.98 Å². The summed E-state index contributed by atoms with van der Waals surface area (Å²) in [5, 5.41) is 10.2. The Hall–Kier alpha value is -2.53. The van der Waals surface area contributed by atoms with E-state index in [9.17, 15) is 5.26 Å². The van der Waals surface area contributed by atoms with E-state index in [1.54, 1.807) is 0 Å². The van der Waals surface area contributed by atoms with Crippen molar-refractivity contribution in [1.82, 2.24) is 4.98 Å². The van der Waals surface area contributed by atoms with Gasteiger partial charge in [-0.05, 0) is 29.7 Å². The van der Waals surface area contributed by atoms with Crippen LogP contribution in [0, 0.1) is 11.3 Å². The van der Waals surface area contributed by atoms with Crippen molar-refractivity contribution in [2.24, 2.45) is 0 Å². The summed E-state index contributed by atoms with van der Waals surface area (Å²) >= 11 is 0. The topological polar surface area (TPSA) is 39.6 Å². The fourth-order valence-corrected chi connectivity index (χ4v) is 2.30. The molecule has 0 amide bonds. The predicted octanol–water partition coefficient (Wildman–Crippen LogP) is 3.63. The number of aromatic nitrogens is 1. The number of hydrogen-bond donors (Lipinski definition) is 1. The number of rotatable bonds is 2. The molecule has 0 fully saturated rings. The number of aromatic amines is 1. The highest BCUT2D eigenvalue weighted by Gasteiger charge is 2.08. The molecule has 3 rings (SSSR count). The Morgan fingerprint density at radius 1 is 1.00 bits per heavy atom. The van der Waals surface area contributed by atoms with E-state index in [1.165, 1.54) is 11.1 Å². The van der Waals surface area contributed by atoms with Gasteiger partial charge < -0.3 is 4.98 Å². The number of nitrogens with zero attached hydrogens (tertiary/aromatic N) is 1. The maximum Gasteiger partial charge on any atom is 0.0998 e. The van der Waals surface area contributed by atoms with Crippen molar-refractivity contribution < 1.29 is 0 Å². The zero-order valence-electron chi connectivity index (χ0n) is 9.85. The lowest BCUT2D eigenvalue weighted by Gasteiger charge is -2.01. The summed E-state index contributed by atoms with van der Waals surface area (Å²) in [6, 6.07) is 18.3. The van der Waals surface area contributed by atoms with Gasteiger partial charge in [0.25, 0.3) is 0 Å². The van der Waals surface area contributed by atoms with Crippen LogP contribution in [-0.2, 0) is 6.42 Å². The van der Waals surface area contributed by atoms with Crippen molar-refractivity contribution in [3.63, 3.8) is 0 Å². The van der Waals surface area contributed by atoms with Gasteiger partial charge in [-0.2, -0.15) is 5.26 Å². The molecule has 2 aromatic carbocycles. The first-order chi connectivity index (χ1) is 8.88. The maximum absolute atomic E-state index is 9.18. The molecule has 0 saturated carbocycles. The summed E-state index contributed by atoms with van der Waals surface area (Å²) in [6.07, 6.45) is 2.85. The van der Waals surface area contributed by atoms with E-state index in [0.29, 0.717) is 0 Å². The highest BCUT2D eigenvalue weighted by molar-refractivity contribution is 5.89. The lowest BCUT2D eigenvalue weighted by Crippen LogP contribution is -1.87. The monoisotopic (exact) mass is 232 g/mol. The van der Waals surface area contributed by atoms with Gasteiger partial charge in [-0.25, -0.2) is 0 Å². The van der Waals surface area contributed by atoms with Crippen LogP contribution in [0.3, 0.4) is 0 Å². The zero-order chi connectivity index (χ0) is 12.4. The fourth-order valence-electron chi connectivity index (χ4n) is 2.30. The molecule has 2 nitrogen and oxygen atoms in total. The van der Waals surface area contributed by atoms with Gasteiger partial charge in [0, 0.05) is 17.1 Å². The minimum Gasteiger partial charge on any atom is -0.361 e. The maximum atomic E-state index is 9.18. The standard InChI is InChI=1S/C16H12N2/c17-10-13-7-4-8-15-16(13)14(11-18-15)9-12-5-2-1-3-6-12/h1-8,11,18H,9H2. The van der Waals surface area contributed by atoms with E-state index in [-0.39, 0.29) is 0 Å². The summed E-state index contributed by atoms with van der Waals surface area (Å²) < 4.78 is 0. The molecule has 0 spiro atoms. The van der Waals surface area contributed by atoms with Crippen LogP contribution >= 0.6 is 0 Å². The molecule has 18 heavy (non-hydrogen) atoms. The highest BCUT2D eigenvalue weighted by atomic mass is 14.7. The average molecular weight is 232 g/mol. The Morgan fingerprint density at radius 3 is 2.61 bits per heavy atom. The van der Waals surface area contributed by atoms with E-state index in [2.05, 4.69) is 23.2 Å². The lowest BCUT2D eigenvalue weighted by molar-refractivity contribution is 1.21. The lowest BCUT2D eigenvalue weighted by atomic mass is 10.0. The summed E-state index contributed by atoms with van der Waals surface area (Å²) in [5.74, 6) is 0. The largest absolute Gasteiger partial charge is 0.361 e. The molecule has 1 N–H and O–H groups in total. The van der Waals surface area contributed by atoms with E-state index < -0.39 is 0 Å². The van der Waals surface area contributed by atoms with Crippen molar-refractivity contribution in [2.75, 3.05) is 0 Å². The Morgan fingerprint density at radius 2 is 1.83 bits per heavy atom. The van der Waals surface area contributed by atoms with Crippen molar-refractivity contribution in [1.29, 1.82) is 5.26 Å². The van der Waals surface area contributed by atoms with Gasteiger partial charge in [0.15, 0.2) is 0 Å². The normalized spacial score (nSPS) is 10.4. The predicted molar refractivity (Wildman–Crippen MR) is 72.3 cm³/mol. The number of H-pyrrole nitrogens is 1. The number of nitrogens with one attached hydrogen (secondary N) is 1. The zero-order valence-corrected chi connectivity index (χ0v) is 9.85. The van der Waals surface area contributed by atoms with E-state index in [0.717, 1.165) is 22.9 Å². The van der Waals surface area contributed by atoms with Crippen LogP contribution in [0.25, 0.3) is 10.9 Å². The molecule has 2 heteroatoms. The molecule has 0 aliphatic rings. The van der Waals surface area contributed by atoms with Gasteiger partial charge in [-0.15, -0.1) is 0 Å². The van der Waals surface area contributed by atoms with Crippen LogP contribution < -0.4 is 0 Å². The van der Waals surface area contributed by atoms with Crippen molar-refractivity contribution in [3.8, 4) is 6.07 Å². The molecule has 0 atom stereocenters. The molecule has 0 radical (unpaired) electrons. The van der Waals surface area contributed by atoms with Crippen LogP contribution in [0.15, 0.2) is 54.7 Å². The molecule has 3 aromatic rings. The van der Waals surface area contributed by atoms with Crippen LogP contribution in [0.4, 0.5) is 0 Å². The molecule has 0 bridgehead atoms. The van der Waals surface area contributed by atoms with E-state index in [4.69, 9.17) is 0 Å². The van der Waals surface area contributed by atoms with Crippen molar-refractivity contribution in [3.05, 3.63) is 71.4 Å². The third-order valence-electron chi connectivity index (χ3n) is 3.15. The van der Waals surface area contributed by atoms with Crippen molar-refractivity contribution in [2.45, 2.75) is 6.42 Å². The van der Waals surface area contributed by atoms with Gasteiger partial charge in [0.05, 0.1) is 11.6 Å². The smallest absolute Gasteiger partial charge is 0.0998 e. The third kappa shape index (κ3) is 1.76. The summed E-state index contributed by atoms with van der Waals surface area (Å²) in [5.41, 5.74) is 4.19. The van der Waals surface area contributed by atoms with Crippen molar-refractivity contribution >= 4 is 10.9 Å².